The van der Waals surface area contributed by atoms with Crippen molar-refractivity contribution in [1.82, 2.24) is 10.1 Å². The normalized spacial score (nSPS) is 23.3. The fourth-order valence-corrected chi connectivity index (χ4v) is 4.13. The molecular weight excluding hydrogens is 292 g/mol. The fourth-order valence-electron chi connectivity index (χ4n) is 2.90. The van der Waals surface area contributed by atoms with Gasteiger partial charge in [-0.15, -0.1) is 0 Å². The lowest BCUT2D eigenvalue weighted by Gasteiger charge is -2.34. The molecule has 0 saturated carbocycles. The molecule has 21 heavy (non-hydrogen) atoms. The van der Waals surface area contributed by atoms with E-state index in [0.717, 1.165) is 6.42 Å². The molecule has 6 nitrogen and oxygen atoms in total. The number of sulfone groups is 1. The Balaban J connectivity index is 1.97. The van der Waals surface area contributed by atoms with Gasteiger partial charge in [0.15, 0.2) is 15.6 Å². The Kier molecular flexibility index (Phi) is 4.70. The standard InChI is InChI=1S/C14H22N2O4S/c1-10-4-11(2)7-16(6-10)14(17)9-21(18,19)8-13-5-12(3)15-20-13/h5,10-11H,4,6-9H2,1-3H3. The minimum atomic E-state index is -3.53. The number of hydrogen-bond acceptors (Lipinski definition) is 5. The van der Waals surface area contributed by atoms with Gasteiger partial charge in [-0.25, -0.2) is 8.42 Å². The van der Waals surface area contributed by atoms with Gasteiger partial charge >= 0.3 is 0 Å². The van der Waals surface area contributed by atoms with Gasteiger partial charge in [0.2, 0.25) is 5.91 Å². The van der Waals surface area contributed by atoms with E-state index in [4.69, 9.17) is 4.52 Å². The van der Waals surface area contributed by atoms with Crippen LogP contribution < -0.4 is 0 Å². The number of rotatable bonds is 4. The summed E-state index contributed by atoms with van der Waals surface area (Å²) in [5, 5.41) is 3.65. The topological polar surface area (TPSA) is 80.5 Å². The lowest BCUT2D eigenvalue weighted by molar-refractivity contribution is -0.131. The van der Waals surface area contributed by atoms with Crippen molar-refractivity contribution in [3.63, 3.8) is 0 Å². The van der Waals surface area contributed by atoms with Gasteiger partial charge in [0.05, 0.1) is 5.69 Å². The van der Waals surface area contributed by atoms with Crippen molar-refractivity contribution < 1.29 is 17.7 Å². The van der Waals surface area contributed by atoms with Crippen LogP contribution >= 0.6 is 0 Å². The molecule has 1 aromatic heterocycles. The summed E-state index contributed by atoms with van der Waals surface area (Å²) < 4.78 is 29.1. The van der Waals surface area contributed by atoms with Crippen LogP contribution in [-0.2, 0) is 20.4 Å². The Hall–Kier alpha value is -1.37. The van der Waals surface area contributed by atoms with Crippen molar-refractivity contribution in [3.05, 3.63) is 17.5 Å². The molecule has 2 heterocycles. The zero-order chi connectivity index (χ0) is 15.6. The molecule has 0 aliphatic carbocycles. The van der Waals surface area contributed by atoms with Gasteiger partial charge in [0, 0.05) is 19.2 Å². The second kappa shape index (κ2) is 6.17. The number of hydrogen-bond donors (Lipinski definition) is 0. The Morgan fingerprint density at radius 3 is 2.52 bits per heavy atom. The first-order chi connectivity index (χ1) is 9.75. The van der Waals surface area contributed by atoms with Gasteiger partial charge in [-0.2, -0.15) is 0 Å². The van der Waals surface area contributed by atoms with E-state index in [1.807, 2.05) is 0 Å². The summed E-state index contributed by atoms with van der Waals surface area (Å²) in [6.45, 7) is 7.17. The van der Waals surface area contributed by atoms with Crippen LogP contribution in [0.3, 0.4) is 0 Å². The Morgan fingerprint density at radius 1 is 1.38 bits per heavy atom. The van der Waals surface area contributed by atoms with Gasteiger partial charge in [0.25, 0.3) is 0 Å². The van der Waals surface area contributed by atoms with Gasteiger partial charge in [-0.05, 0) is 25.2 Å². The van der Waals surface area contributed by atoms with Crippen molar-refractivity contribution in [2.75, 3.05) is 18.8 Å². The Morgan fingerprint density at radius 2 is 2.00 bits per heavy atom. The second-order valence-electron chi connectivity index (χ2n) is 6.21. The van der Waals surface area contributed by atoms with Crippen molar-refractivity contribution in [1.29, 1.82) is 0 Å². The summed E-state index contributed by atoms with van der Waals surface area (Å²) in [5.41, 5.74) is 0.630. The van der Waals surface area contributed by atoms with E-state index in [1.165, 1.54) is 0 Å². The first-order valence-corrected chi connectivity index (χ1v) is 8.97. The third-order valence-corrected chi connectivity index (χ3v) is 5.02. The second-order valence-corrected chi connectivity index (χ2v) is 8.28. The third kappa shape index (κ3) is 4.56. The first-order valence-electron chi connectivity index (χ1n) is 7.15. The first kappa shape index (κ1) is 16.0. The van der Waals surface area contributed by atoms with Gasteiger partial charge in [-0.1, -0.05) is 19.0 Å². The van der Waals surface area contributed by atoms with Crippen LogP contribution in [0.4, 0.5) is 0 Å². The van der Waals surface area contributed by atoms with Crippen molar-refractivity contribution in [3.8, 4) is 0 Å². The molecular formula is C14H22N2O4S. The molecule has 0 radical (unpaired) electrons. The molecule has 2 rings (SSSR count). The van der Waals surface area contributed by atoms with Crippen LogP contribution in [0.15, 0.2) is 10.6 Å². The summed E-state index contributed by atoms with van der Waals surface area (Å²) in [4.78, 5) is 13.9. The number of piperidine rings is 1. The Bertz CT molecular complexity index is 598. The predicted molar refractivity (Wildman–Crippen MR) is 78.3 cm³/mol. The minimum absolute atomic E-state index is 0.278. The number of nitrogens with zero attached hydrogens (tertiary/aromatic N) is 2. The average molecular weight is 314 g/mol. The highest BCUT2D eigenvalue weighted by Gasteiger charge is 2.28. The van der Waals surface area contributed by atoms with E-state index in [9.17, 15) is 13.2 Å². The summed E-state index contributed by atoms with van der Waals surface area (Å²) in [6, 6.07) is 1.58. The monoisotopic (exact) mass is 314 g/mol. The van der Waals surface area contributed by atoms with Crippen LogP contribution in [0.2, 0.25) is 0 Å². The largest absolute Gasteiger partial charge is 0.360 e. The van der Waals surface area contributed by atoms with Crippen LogP contribution in [0.25, 0.3) is 0 Å². The molecule has 1 aromatic rings. The molecule has 0 N–H and O–H groups in total. The number of amides is 1. The third-order valence-electron chi connectivity index (χ3n) is 3.60. The van der Waals surface area contributed by atoms with E-state index >= 15 is 0 Å². The Labute approximate surface area is 125 Å². The van der Waals surface area contributed by atoms with Crippen molar-refractivity contribution in [2.45, 2.75) is 32.9 Å². The lowest BCUT2D eigenvalue weighted by atomic mass is 9.92. The van der Waals surface area contributed by atoms with Crippen molar-refractivity contribution in [2.24, 2.45) is 11.8 Å². The molecule has 2 unspecified atom stereocenters. The molecule has 118 valence electrons. The summed E-state index contributed by atoms with van der Waals surface area (Å²) in [6.07, 6.45) is 1.08. The molecule has 1 aliphatic heterocycles. The summed E-state index contributed by atoms with van der Waals surface area (Å²) in [5.74, 6) is 0.0463. The van der Waals surface area contributed by atoms with Gasteiger partial charge < -0.3 is 9.42 Å². The highest BCUT2D eigenvalue weighted by molar-refractivity contribution is 7.91. The number of aromatic nitrogens is 1. The molecule has 7 heteroatoms. The minimum Gasteiger partial charge on any atom is -0.360 e. The summed E-state index contributed by atoms with van der Waals surface area (Å²) >= 11 is 0. The van der Waals surface area contributed by atoms with E-state index in [-0.39, 0.29) is 17.4 Å². The fraction of sp³-hybridized carbons (Fsp3) is 0.714. The lowest BCUT2D eigenvalue weighted by Crippen LogP contribution is -2.45. The average Bonchev–Trinajstić information content (AvgIpc) is 2.71. The number of carbonyl (C=O) groups is 1. The number of carbonyl (C=O) groups excluding carboxylic acids is 1. The molecule has 1 aliphatic rings. The molecule has 0 aromatic carbocycles. The molecule has 1 saturated heterocycles. The van der Waals surface area contributed by atoms with E-state index in [1.54, 1.807) is 17.9 Å². The number of aryl methyl sites for hydroxylation is 1. The van der Waals surface area contributed by atoms with Gasteiger partial charge in [-0.3, -0.25) is 4.79 Å². The molecule has 0 spiro atoms. The predicted octanol–water partition coefficient (Wildman–Crippen LogP) is 1.40. The van der Waals surface area contributed by atoms with E-state index < -0.39 is 15.6 Å². The van der Waals surface area contributed by atoms with Crippen LogP contribution in [0, 0.1) is 18.8 Å². The molecule has 1 fully saturated rings. The summed E-state index contributed by atoms with van der Waals surface area (Å²) in [7, 11) is -3.53. The van der Waals surface area contributed by atoms with Crippen molar-refractivity contribution >= 4 is 15.7 Å². The molecule has 1 amide bonds. The maximum Gasteiger partial charge on any atom is 0.237 e. The molecule has 0 bridgehead atoms. The maximum atomic E-state index is 12.2. The SMILES string of the molecule is Cc1cc(CS(=O)(=O)CC(=O)N2CC(C)CC(C)C2)on1. The quantitative estimate of drug-likeness (QED) is 0.839. The zero-order valence-electron chi connectivity index (χ0n) is 12.7. The zero-order valence-corrected chi connectivity index (χ0v) is 13.5. The van der Waals surface area contributed by atoms with E-state index in [0.29, 0.717) is 30.6 Å². The van der Waals surface area contributed by atoms with Crippen LogP contribution in [0.1, 0.15) is 31.7 Å². The van der Waals surface area contributed by atoms with E-state index in [2.05, 4.69) is 19.0 Å². The highest BCUT2D eigenvalue weighted by Crippen LogP contribution is 2.21. The van der Waals surface area contributed by atoms with Gasteiger partial charge in [0.1, 0.15) is 11.5 Å². The smallest absolute Gasteiger partial charge is 0.237 e. The highest BCUT2D eigenvalue weighted by atomic mass is 32.2. The molecule has 2 atom stereocenters. The number of likely N-dealkylation sites (tertiary alicyclic amines) is 1. The van der Waals surface area contributed by atoms with Crippen LogP contribution in [0.5, 0.6) is 0 Å². The van der Waals surface area contributed by atoms with Crippen LogP contribution in [-0.4, -0.2) is 43.2 Å². The maximum absolute atomic E-state index is 12.2.